The maximum atomic E-state index is 6.10. The van der Waals surface area contributed by atoms with Gasteiger partial charge in [-0.1, -0.05) is 11.6 Å². The van der Waals surface area contributed by atoms with E-state index in [0.717, 1.165) is 53.3 Å². The van der Waals surface area contributed by atoms with E-state index in [0.29, 0.717) is 10.8 Å². The highest BCUT2D eigenvalue weighted by Gasteiger charge is 2.22. The Morgan fingerprint density at radius 2 is 1.96 bits per heavy atom. The zero-order chi connectivity index (χ0) is 15.8. The summed E-state index contributed by atoms with van der Waals surface area (Å²) >= 11 is 9.76. The van der Waals surface area contributed by atoms with E-state index < -0.39 is 0 Å². The van der Waals surface area contributed by atoms with Crippen molar-refractivity contribution in [1.29, 1.82) is 0 Å². The van der Waals surface area contributed by atoms with Crippen LogP contribution < -0.4 is 15.0 Å². The molecule has 23 heavy (non-hydrogen) atoms. The molecule has 2 heterocycles. The number of piperazine rings is 1. The van der Waals surface area contributed by atoms with Crippen molar-refractivity contribution < 1.29 is 4.74 Å². The summed E-state index contributed by atoms with van der Waals surface area (Å²) in [6.07, 6.45) is 1.89. The summed E-state index contributed by atoms with van der Waals surface area (Å²) < 4.78 is 7.15. The molecule has 2 aromatic rings. The van der Waals surface area contributed by atoms with Crippen LogP contribution in [0, 0.1) is 0 Å². The first-order valence-corrected chi connectivity index (χ1v) is 8.69. The minimum atomic E-state index is 0.641. The first-order valence-electron chi connectivity index (χ1n) is 7.52. The molecule has 4 rings (SSSR count). The second-order valence-electron chi connectivity index (χ2n) is 5.52. The van der Waals surface area contributed by atoms with Gasteiger partial charge in [0.1, 0.15) is 11.4 Å². The summed E-state index contributed by atoms with van der Waals surface area (Å²) in [7, 11) is 0. The highest BCUT2D eigenvalue weighted by atomic mass is 79.9. The first kappa shape index (κ1) is 15.0. The summed E-state index contributed by atoms with van der Waals surface area (Å²) in [5.74, 6) is 1.48. The third-order valence-electron chi connectivity index (χ3n) is 4.04. The number of ether oxygens (including phenoxy) is 1. The fourth-order valence-corrected chi connectivity index (χ4v) is 3.67. The molecule has 0 unspecified atom stereocenters. The number of nitrogens with zero attached hydrogens (tertiary/aromatic N) is 2. The van der Waals surface area contributed by atoms with Gasteiger partial charge in [-0.3, -0.25) is 4.99 Å². The van der Waals surface area contributed by atoms with Gasteiger partial charge in [-0.25, -0.2) is 0 Å². The lowest BCUT2D eigenvalue weighted by molar-refractivity contribution is 0.484. The van der Waals surface area contributed by atoms with E-state index in [4.69, 9.17) is 16.3 Å². The second kappa shape index (κ2) is 6.15. The number of hydrogen-bond donors (Lipinski definition) is 1. The Bertz CT molecular complexity index is 788. The van der Waals surface area contributed by atoms with Crippen LogP contribution in [0.15, 0.2) is 39.8 Å². The van der Waals surface area contributed by atoms with E-state index in [-0.39, 0.29) is 0 Å². The number of nitrogens with one attached hydrogen (secondary N) is 1. The standard InChI is InChI=1S/C17H15BrClN3O/c18-13-2-4-15-12(17(13)22-7-5-20-6-8-22)10-21-14-3-1-11(19)9-16(14)23-15/h1-4,9-10,20H,5-8H2. The van der Waals surface area contributed by atoms with Crippen LogP contribution in [0.3, 0.4) is 0 Å². The number of hydrogen-bond acceptors (Lipinski definition) is 4. The van der Waals surface area contributed by atoms with E-state index in [9.17, 15) is 0 Å². The Balaban J connectivity index is 1.82. The topological polar surface area (TPSA) is 36.9 Å². The maximum Gasteiger partial charge on any atom is 0.154 e. The molecule has 0 radical (unpaired) electrons. The van der Waals surface area contributed by atoms with Gasteiger partial charge in [0.2, 0.25) is 0 Å². The van der Waals surface area contributed by atoms with E-state index in [2.05, 4.69) is 31.1 Å². The molecule has 0 bridgehead atoms. The van der Waals surface area contributed by atoms with Gasteiger partial charge in [-0.2, -0.15) is 0 Å². The lowest BCUT2D eigenvalue weighted by Gasteiger charge is -2.31. The van der Waals surface area contributed by atoms with Gasteiger partial charge in [-0.15, -0.1) is 0 Å². The Labute approximate surface area is 148 Å². The van der Waals surface area contributed by atoms with Crippen molar-refractivity contribution in [3.05, 3.63) is 45.4 Å². The number of benzene rings is 2. The van der Waals surface area contributed by atoms with Gasteiger partial charge in [0.25, 0.3) is 0 Å². The van der Waals surface area contributed by atoms with Crippen LogP contribution in [-0.4, -0.2) is 32.4 Å². The molecule has 0 spiro atoms. The largest absolute Gasteiger partial charge is 0.454 e. The molecule has 0 saturated carbocycles. The van der Waals surface area contributed by atoms with E-state index >= 15 is 0 Å². The van der Waals surface area contributed by atoms with Crippen LogP contribution in [0.5, 0.6) is 11.5 Å². The average molecular weight is 393 g/mol. The zero-order valence-corrected chi connectivity index (χ0v) is 14.7. The van der Waals surface area contributed by atoms with Crippen molar-refractivity contribution in [1.82, 2.24) is 5.32 Å². The number of fused-ring (bicyclic) bond motifs is 2. The molecule has 2 aliphatic rings. The number of rotatable bonds is 1. The lowest BCUT2D eigenvalue weighted by atomic mass is 10.1. The molecule has 118 valence electrons. The van der Waals surface area contributed by atoms with Crippen LogP contribution in [-0.2, 0) is 0 Å². The average Bonchev–Trinajstić information content (AvgIpc) is 2.74. The molecular weight excluding hydrogens is 378 g/mol. The molecule has 1 fully saturated rings. The van der Waals surface area contributed by atoms with Gasteiger partial charge < -0.3 is 15.0 Å². The summed E-state index contributed by atoms with van der Waals surface area (Å²) in [5.41, 5.74) is 2.91. The van der Waals surface area contributed by atoms with Crippen LogP contribution in [0.25, 0.3) is 0 Å². The molecular formula is C17H15BrClN3O. The predicted octanol–water partition coefficient (Wildman–Crippen LogP) is 4.37. The number of aliphatic imine (C=N–C) groups is 1. The molecule has 0 amide bonds. The number of anilines is 1. The minimum Gasteiger partial charge on any atom is -0.454 e. The molecule has 2 aromatic carbocycles. The normalized spacial score (nSPS) is 16.3. The van der Waals surface area contributed by atoms with Gasteiger partial charge in [-0.05, 0) is 40.2 Å². The van der Waals surface area contributed by atoms with E-state index in [1.165, 1.54) is 0 Å². The Morgan fingerprint density at radius 1 is 1.13 bits per heavy atom. The fourth-order valence-electron chi connectivity index (χ4n) is 2.92. The second-order valence-corrected chi connectivity index (χ2v) is 6.81. The van der Waals surface area contributed by atoms with Gasteiger partial charge in [0.15, 0.2) is 5.75 Å². The van der Waals surface area contributed by atoms with E-state index in [1.54, 1.807) is 6.07 Å². The number of halogens is 2. The van der Waals surface area contributed by atoms with Gasteiger partial charge in [0, 0.05) is 48.0 Å². The molecule has 0 atom stereocenters. The van der Waals surface area contributed by atoms with Crippen molar-refractivity contribution >= 4 is 45.1 Å². The Kier molecular flexibility index (Phi) is 4.01. The Hall–Kier alpha value is -1.56. The van der Waals surface area contributed by atoms with Crippen LogP contribution in [0.1, 0.15) is 5.56 Å². The maximum absolute atomic E-state index is 6.10. The van der Waals surface area contributed by atoms with Crippen LogP contribution >= 0.6 is 27.5 Å². The quantitative estimate of drug-likeness (QED) is 0.668. The smallest absolute Gasteiger partial charge is 0.154 e. The molecule has 4 nitrogen and oxygen atoms in total. The van der Waals surface area contributed by atoms with Crippen LogP contribution in [0.4, 0.5) is 11.4 Å². The lowest BCUT2D eigenvalue weighted by Crippen LogP contribution is -2.44. The molecule has 0 aromatic heterocycles. The molecule has 0 aliphatic carbocycles. The van der Waals surface area contributed by atoms with Gasteiger partial charge >= 0.3 is 0 Å². The van der Waals surface area contributed by atoms with Crippen molar-refractivity contribution in [3.63, 3.8) is 0 Å². The fraction of sp³-hybridized carbons (Fsp3) is 0.235. The summed E-state index contributed by atoms with van der Waals surface area (Å²) in [4.78, 5) is 6.95. The molecule has 1 N–H and O–H groups in total. The van der Waals surface area contributed by atoms with E-state index in [1.807, 2.05) is 30.5 Å². The van der Waals surface area contributed by atoms with Crippen molar-refractivity contribution in [2.24, 2.45) is 4.99 Å². The van der Waals surface area contributed by atoms with Crippen molar-refractivity contribution in [3.8, 4) is 11.5 Å². The monoisotopic (exact) mass is 391 g/mol. The third kappa shape index (κ3) is 2.84. The van der Waals surface area contributed by atoms with Gasteiger partial charge in [0.05, 0.1) is 11.3 Å². The van der Waals surface area contributed by atoms with Crippen LogP contribution in [0.2, 0.25) is 5.02 Å². The molecule has 2 aliphatic heterocycles. The molecule has 1 saturated heterocycles. The first-order chi connectivity index (χ1) is 11.2. The summed E-state index contributed by atoms with van der Waals surface area (Å²) in [5, 5.41) is 4.02. The predicted molar refractivity (Wildman–Crippen MR) is 98.0 cm³/mol. The van der Waals surface area contributed by atoms with Crippen molar-refractivity contribution in [2.75, 3.05) is 31.1 Å². The zero-order valence-electron chi connectivity index (χ0n) is 12.4. The molecule has 6 heteroatoms. The SMILES string of the molecule is Clc1ccc2c(c1)Oc1ccc(Br)c(N3CCNCC3)c1C=N2. The Morgan fingerprint density at radius 3 is 2.78 bits per heavy atom. The van der Waals surface area contributed by atoms with Crippen molar-refractivity contribution in [2.45, 2.75) is 0 Å². The third-order valence-corrected chi connectivity index (χ3v) is 4.91. The summed E-state index contributed by atoms with van der Waals surface area (Å²) in [6, 6.07) is 9.49. The highest BCUT2D eigenvalue weighted by molar-refractivity contribution is 9.10. The minimum absolute atomic E-state index is 0.641. The highest BCUT2D eigenvalue weighted by Crippen LogP contribution is 2.42. The summed E-state index contributed by atoms with van der Waals surface area (Å²) in [6.45, 7) is 3.87.